The largest absolute Gasteiger partial charge is 0.396 e. The molecule has 1 rings (SSSR count). The fourth-order valence-electron chi connectivity index (χ4n) is 2.62. The Bertz CT molecular complexity index is 292. The number of aliphatic hydroxyl groups excluding tert-OH is 1. The van der Waals surface area contributed by atoms with E-state index in [0.717, 1.165) is 32.5 Å². The van der Waals surface area contributed by atoms with Crippen LogP contribution in [0.25, 0.3) is 0 Å². The summed E-state index contributed by atoms with van der Waals surface area (Å²) in [6.07, 6.45) is 6.09. The highest BCUT2D eigenvalue weighted by molar-refractivity contribution is 5.77. The van der Waals surface area contributed by atoms with Crippen LogP contribution in [0, 0.1) is 5.41 Å². The van der Waals surface area contributed by atoms with Crippen LogP contribution < -0.4 is 0 Å². The molecule has 0 atom stereocenters. The Morgan fingerprint density at radius 3 is 2.44 bits per heavy atom. The first-order valence-corrected chi connectivity index (χ1v) is 6.67. The van der Waals surface area contributed by atoms with Gasteiger partial charge in [-0.3, -0.25) is 4.79 Å². The molecule has 4 heteroatoms. The molecule has 1 N–H and O–H groups in total. The van der Waals surface area contributed by atoms with Gasteiger partial charge in [-0.05, 0) is 33.9 Å². The molecule has 1 saturated heterocycles. The minimum absolute atomic E-state index is 0.0269. The number of carbonyl (C=O) groups is 1. The van der Waals surface area contributed by atoms with Crippen LogP contribution >= 0.6 is 0 Å². The lowest BCUT2D eigenvalue weighted by molar-refractivity contribution is -0.133. The van der Waals surface area contributed by atoms with E-state index in [4.69, 9.17) is 0 Å². The number of hydrogen-bond donors (Lipinski definition) is 1. The van der Waals surface area contributed by atoms with E-state index in [0.29, 0.717) is 6.42 Å². The van der Waals surface area contributed by atoms with E-state index in [1.165, 1.54) is 0 Å². The van der Waals surface area contributed by atoms with Gasteiger partial charge in [0.2, 0.25) is 5.91 Å². The number of amides is 1. The molecule has 0 aromatic carbocycles. The highest BCUT2D eigenvalue weighted by Gasteiger charge is 2.35. The smallest absolute Gasteiger partial charge is 0.226 e. The summed E-state index contributed by atoms with van der Waals surface area (Å²) in [6.45, 7) is 4.56. The Kier molecular flexibility index (Phi) is 5.82. The number of rotatable bonds is 5. The standard InChI is InChI=1S/C14H26N2O2/c1-4-5-6-13(18)16-9-7-14(12-17,8-10-16)11-15(2)3/h4-5,17H,6-12H2,1-3H3/b5-4+. The van der Waals surface area contributed by atoms with E-state index in [1.54, 1.807) is 0 Å². The molecular weight excluding hydrogens is 228 g/mol. The van der Waals surface area contributed by atoms with Crippen molar-refractivity contribution in [2.75, 3.05) is 40.3 Å². The van der Waals surface area contributed by atoms with E-state index < -0.39 is 0 Å². The molecular formula is C14H26N2O2. The third kappa shape index (κ3) is 4.10. The van der Waals surface area contributed by atoms with Crippen LogP contribution in [0.15, 0.2) is 12.2 Å². The van der Waals surface area contributed by atoms with Gasteiger partial charge in [-0.2, -0.15) is 0 Å². The third-order valence-corrected chi connectivity index (χ3v) is 3.69. The molecule has 18 heavy (non-hydrogen) atoms. The highest BCUT2D eigenvalue weighted by atomic mass is 16.3. The van der Waals surface area contributed by atoms with Crippen LogP contribution in [0.3, 0.4) is 0 Å². The van der Waals surface area contributed by atoms with Gasteiger partial charge in [-0.25, -0.2) is 0 Å². The minimum Gasteiger partial charge on any atom is -0.396 e. The summed E-state index contributed by atoms with van der Waals surface area (Å²) in [5.74, 6) is 0.199. The van der Waals surface area contributed by atoms with Gasteiger partial charge >= 0.3 is 0 Å². The average Bonchev–Trinajstić information content (AvgIpc) is 2.36. The molecule has 1 heterocycles. The van der Waals surface area contributed by atoms with Crippen molar-refractivity contribution >= 4 is 5.91 Å². The lowest BCUT2D eigenvalue weighted by Gasteiger charge is -2.42. The van der Waals surface area contributed by atoms with E-state index in [-0.39, 0.29) is 17.9 Å². The first-order chi connectivity index (χ1) is 8.53. The first kappa shape index (κ1) is 15.2. The summed E-state index contributed by atoms with van der Waals surface area (Å²) in [6, 6.07) is 0. The van der Waals surface area contributed by atoms with E-state index in [2.05, 4.69) is 4.90 Å². The zero-order chi connectivity index (χ0) is 13.6. The van der Waals surface area contributed by atoms with Crippen molar-refractivity contribution < 1.29 is 9.90 Å². The quantitative estimate of drug-likeness (QED) is 0.748. The summed E-state index contributed by atoms with van der Waals surface area (Å²) < 4.78 is 0. The molecule has 1 amide bonds. The van der Waals surface area contributed by atoms with Crippen LogP contribution in [-0.4, -0.2) is 61.2 Å². The highest BCUT2D eigenvalue weighted by Crippen LogP contribution is 2.31. The Balaban J connectivity index is 2.50. The molecule has 1 aliphatic heterocycles. The van der Waals surface area contributed by atoms with Crippen LogP contribution in [0.5, 0.6) is 0 Å². The Morgan fingerprint density at radius 1 is 1.39 bits per heavy atom. The molecule has 0 aromatic rings. The zero-order valence-corrected chi connectivity index (χ0v) is 11.9. The maximum Gasteiger partial charge on any atom is 0.226 e. The monoisotopic (exact) mass is 254 g/mol. The van der Waals surface area contributed by atoms with Crippen LogP contribution in [0.2, 0.25) is 0 Å². The number of hydrogen-bond acceptors (Lipinski definition) is 3. The summed E-state index contributed by atoms with van der Waals surface area (Å²) in [4.78, 5) is 15.9. The van der Waals surface area contributed by atoms with Crippen molar-refractivity contribution in [1.29, 1.82) is 0 Å². The minimum atomic E-state index is -0.0269. The maximum atomic E-state index is 11.9. The fraction of sp³-hybridized carbons (Fsp3) is 0.786. The summed E-state index contributed by atoms with van der Waals surface area (Å²) in [5, 5.41) is 9.62. The Hall–Kier alpha value is -0.870. The molecule has 104 valence electrons. The second-order valence-corrected chi connectivity index (χ2v) is 5.55. The van der Waals surface area contributed by atoms with Crippen LogP contribution in [-0.2, 0) is 4.79 Å². The van der Waals surface area contributed by atoms with Crippen molar-refractivity contribution in [2.45, 2.75) is 26.2 Å². The normalized spacial score (nSPS) is 19.7. The molecule has 1 fully saturated rings. The average molecular weight is 254 g/mol. The van der Waals surface area contributed by atoms with E-state index >= 15 is 0 Å². The topological polar surface area (TPSA) is 43.8 Å². The third-order valence-electron chi connectivity index (χ3n) is 3.69. The van der Waals surface area contributed by atoms with E-state index in [1.807, 2.05) is 38.1 Å². The molecule has 0 spiro atoms. The summed E-state index contributed by atoms with van der Waals surface area (Å²) >= 11 is 0. The molecule has 0 unspecified atom stereocenters. The van der Waals surface area contributed by atoms with Crippen molar-refractivity contribution in [3.63, 3.8) is 0 Å². The van der Waals surface area contributed by atoms with Gasteiger partial charge in [0.25, 0.3) is 0 Å². The van der Waals surface area contributed by atoms with Gasteiger partial charge in [0.1, 0.15) is 0 Å². The first-order valence-electron chi connectivity index (χ1n) is 6.67. The Labute approximate surface area is 110 Å². The number of piperidine rings is 1. The second-order valence-electron chi connectivity index (χ2n) is 5.55. The second kappa shape index (κ2) is 6.90. The zero-order valence-electron chi connectivity index (χ0n) is 11.9. The Morgan fingerprint density at radius 2 is 2.00 bits per heavy atom. The van der Waals surface area contributed by atoms with E-state index in [9.17, 15) is 9.90 Å². The lowest BCUT2D eigenvalue weighted by atomic mass is 9.78. The van der Waals surface area contributed by atoms with Crippen LogP contribution in [0.4, 0.5) is 0 Å². The van der Waals surface area contributed by atoms with Gasteiger partial charge in [0.15, 0.2) is 0 Å². The molecule has 0 bridgehead atoms. The maximum absolute atomic E-state index is 11.9. The summed E-state index contributed by atoms with van der Waals surface area (Å²) in [5.41, 5.74) is -0.0269. The van der Waals surface area contributed by atoms with Crippen LogP contribution in [0.1, 0.15) is 26.2 Å². The van der Waals surface area contributed by atoms with Gasteiger partial charge in [0.05, 0.1) is 6.61 Å². The number of likely N-dealkylation sites (tertiary alicyclic amines) is 1. The molecule has 1 aliphatic rings. The predicted molar refractivity (Wildman–Crippen MR) is 73.3 cm³/mol. The molecule has 0 aromatic heterocycles. The van der Waals surface area contributed by atoms with Gasteiger partial charge in [0, 0.05) is 31.5 Å². The van der Waals surface area contributed by atoms with Crippen molar-refractivity contribution in [3.05, 3.63) is 12.2 Å². The van der Waals surface area contributed by atoms with Gasteiger partial charge in [-0.1, -0.05) is 12.2 Å². The lowest BCUT2D eigenvalue weighted by Crippen LogP contribution is -2.48. The van der Waals surface area contributed by atoms with Crippen molar-refractivity contribution in [2.24, 2.45) is 5.41 Å². The fourth-order valence-corrected chi connectivity index (χ4v) is 2.62. The number of allylic oxidation sites excluding steroid dienone is 1. The molecule has 4 nitrogen and oxygen atoms in total. The summed E-state index contributed by atoms with van der Waals surface area (Å²) in [7, 11) is 4.06. The molecule has 0 radical (unpaired) electrons. The number of nitrogens with zero attached hydrogens (tertiary/aromatic N) is 2. The van der Waals surface area contributed by atoms with Gasteiger partial charge in [-0.15, -0.1) is 0 Å². The predicted octanol–water partition coefficient (Wildman–Crippen LogP) is 1.12. The van der Waals surface area contributed by atoms with Crippen molar-refractivity contribution in [1.82, 2.24) is 9.80 Å². The molecule has 0 saturated carbocycles. The van der Waals surface area contributed by atoms with Crippen molar-refractivity contribution in [3.8, 4) is 0 Å². The SMILES string of the molecule is C/C=C/CC(=O)N1CCC(CO)(CN(C)C)CC1. The number of aliphatic hydroxyl groups is 1. The molecule has 0 aliphatic carbocycles. The van der Waals surface area contributed by atoms with Gasteiger partial charge < -0.3 is 14.9 Å². The number of carbonyl (C=O) groups excluding carboxylic acids is 1.